The van der Waals surface area contributed by atoms with Gasteiger partial charge in [0.1, 0.15) is 11.2 Å². The number of Topliss-reactive ketones (excluding diaryl/α,β-unsaturated/α-hetero) is 1. The van der Waals surface area contributed by atoms with Crippen LogP contribution < -0.4 is 0 Å². The molecule has 0 aromatic heterocycles. The van der Waals surface area contributed by atoms with Gasteiger partial charge in [0.2, 0.25) is 6.54 Å². The van der Waals surface area contributed by atoms with Gasteiger partial charge in [0, 0.05) is 10.5 Å². The molecule has 0 amide bonds. The minimum absolute atomic E-state index is 0.160. The molecule has 3 rings (SSSR count). The number of nitrogens with zero attached hydrogens (tertiary/aromatic N) is 2. The normalized spacial score (nSPS) is 26.4. The zero-order chi connectivity index (χ0) is 17.3. The Balaban J connectivity index is 2.03. The molecule has 0 saturated heterocycles. The number of benzene rings is 1. The third kappa shape index (κ3) is 2.52. The van der Waals surface area contributed by atoms with Crippen LogP contribution in [-0.4, -0.2) is 17.3 Å². The first-order chi connectivity index (χ1) is 11.5. The highest BCUT2D eigenvalue weighted by Gasteiger charge is 2.55. The summed E-state index contributed by atoms with van der Waals surface area (Å²) in [6, 6.07) is 9.00. The van der Waals surface area contributed by atoms with Crippen molar-refractivity contribution in [2.45, 2.75) is 12.8 Å². The minimum atomic E-state index is -1.48. The number of ketones is 1. The number of nitriles is 1. The molecule has 0 fully saturated rings. The zero-order valence-corrected chi connectivity index (χ0v) is 12.8. The van der Waals surface area contributed by atoms with Crippen LogP contribution in [0, 0.1) is 38.7 Å². The van der Waals surface area contributed by atoms with Gasteiger partial charge < -0.3 is 0 Å². The van der Waals surface area contributed by atoms with Crippen LogP contribution in [0.3, 0.4) is 0 Å². The monoisotopic (exact) mass is 326 g/mol. The van der Waals surface area contributed by atoms with Crippen LogP contribution >= 0.6 is 0 Å². The molecule has 1 aromatic rings. The molecule has 0 radical (unpaired) electrons. The Kier molecular flexibility index (Phi) is 4.02. The molecule has 0 heterocycles. The standard InChI is InChI=1S/C18H15FN2O3/c19-14-7-5-12(6-8-14)16(10-21(23)24)18(11-20)9-13-3-1-2-4-15(13)17(18)22/h1-5,7-8,12,16H,6,9-10H2/t12?,16-,18?/m0/s1. The lowest BCUT2D eigenvalue weighted by atomic mass is 9.66. The molecule has 0 spiro atoms. The number of fused-ring (bicyclic) bond motifs is 1. The van der Waals surface area contributed by atoms with Crippen molar-refractivity contribution in [3.63, 3.8) is 0 Å². The van der Waals surface area contributed by atoms with Crippen LogP contribution in [0.2, 0.25) is 0 Å². The predicted octanol–water partition coefficient (Wildman–Crippen LogP) is 3.26. The predicted molar refractivity (Wildman–Crippen MR) is 84.3 cm³/mol. The highest BCUT2D eigenvalue weighted by atomic mass is 19.1. The van der Waals surface area contributed by atoms with E-state index in [1.54, 1.807) is 30.3 Å². The van der Waals surface area contributed by atoms with Gasteiger partial charge in [-0.05, 0) is 36.5 Å². The van der Waals surface area contributed by atoms with E-state index in [1.165, 1.54) is 12.2 Å². The van der Waals surface area contributed by atoms with Gasteiger partial charge in [0.05, 0.1) is 12.0 Å². The van der Waals surface area contributed by atoms with Crippen LogP contribution in [0.25, 0.3) is 0 Å². The minimum Gasteiger partial charge on any atom is -0.292 e. The van der Waals surface area contributed by atoms with Gasteiger partial charge in [0.25, 0.3) is 0 Å². The number of carbonyl (C=O) groups excluding carboxylic acids is 1. The van der Waals surface area contributed by atoms with Gasteiger partial charge in [-0.25, -0.2) is 4.39 Å². The summed E-state index contributed by atoms with van der Waals surface area (Å²) in [5.74, 6) is -2.00. The Morgan fingerprint density at radius 3 is 2.79 bits per heavy atom. The Morgan fingerprint density at radius 1 is 1.46 bits per heavy atom. The van der Waals surface area contributed by atoms with Gasteiger partial charge in [-0.1, -0.05) is 30.3 Å². The largest absolute Gasteiger partial charge is 0.292 e. The fourth-order valence-electron chi connectivity index (χ4n) is 3.72. The van der Waals surface area contributed by atoms with Gasteiger partial charge in [-0.2, -0.15) is 5.26 Å². The van der Waals surface area contributed by atoms with E-state index in [9.17, 15) is 24.6 Å². The molecular weight excluding hydrogens is 311 g/mol. The van der Waals surface area contributed by atoms with E-state index in [2.05, 4.69) is 6.07 Å². The lowest BCUT2D eigenvalue weighted by Gasteiger charge is -2.32. The van der Waals surface area contributed by atoms with E-state index >= 15 is 0 Å². The second-order valence-electron chi connectivity index (χ2n) is 6.22. The third-order valence-electron chi connectivity index (χ3n) is 4.92. The van der Waals surface area contributed by atoms with E-state index in [4.69, 9.17) is 0 Å². The second-order valence-corrected chi connectivity index (χ2v) is 6.22. The smallest absolute Gasteiger partial charge is 0.209 e. The van der Waals surface area contributed by atoms with Crippen molar-refractivity contribution in [2.24, 2.45) is 17.3 Å². The highest BCUT2D eigenvalue weighted by Crippen LogP contribution is 2.47. The van der Waals surface area contributed by atoms with Crippen LogP contribution in [0.1, 0.15) is 22.3 Å². The topological polar surface area (TPSA) is 84.0 Å². The molecule has 2 aliphatic rings. The number of rotatable bonds is 4. The fraction of sp³-hybridized carbons (Fsp3) is 0.333. The molecule has 2 unspecified atom stereocenters. The molecule has 24 heavy (non-hydrogen) atoms. The van der Waals surface area contributed by atoms with Crippen molar-refractivity contribution in [1.29, 1.82) is 5.26 Å². The maximum Gasteiger partial charge on any atom is 0.209 e. The van der Waals surface area contributed by atoms with E-state index in [0.717, 1.165) is 5.56 Å². The molecule has 0 N–H and O–H groups in total. The van der Waals surface area contributed by atoms with Crippen molar-refractivity contribution >= 4 is 5.78 Å². The second kappa shape index (κ2) is 6.00. The average Bonchev–Trinajstić information content (AvgIpc) is 2.87. The summed E-state index contributed by atoms with van der Waals surface area (Å²) in [6.07, 6.45) is 4.54. The molecule has 0 saturated carbocycles. The summed E-state index contributed by atoms with van der Waals surface area (Å²) in [7, 11) is 0. The molecule has 1 aromatic carbocycles. The van der Waals surface area contributed by atoms with Crippen molar-refractivity contribution in [3.05, 3.63) is 69.6 Å². The maximum absolute atomic E-state index is 13.2. The number of carbonyl (C=O) groups is 1. The van der Waals surface area contributed by atoms with Crippen LogP contribution in [0.4, 0.5) is 4.39 Å². The summed E-state index contributed by atoms with van der Waals surface area (Å²) < 4.78 is 13.2. The van der Waals surface area contributed by atoms with Crippen LogP contribution in [0.5, 0.6) is 0 Å². The van der Waals surface area contributed by atoms with Crippen molar-refractivity contribution in [2.75, 3.05) is 6.54 Å². The molecule has 6 heteroatoms. The summed E-state index contributed by atoms with van der Waals surface area (Å²) in [5.41, 5.74) is -0.291. The van der Waals surface area contributed by atoms with E-state index in [-0.39, 0.29) is 18.6 Å². The lowest BCUT2D eigenvalue weighted by molar-refractivity contribution is -0.492. The first-order valence-corrected chi connectivity index (χ1v) is 7.67. The van der Waals surface area contributed by atoms with Gasteiger partial charge >= 0.3 is 0 Å². The number of nitro groups is 1. The quantitative estimate of drug-likeness (QED) is 0.628. The summed E-state index contributed by atoms with van der Waals surface area (Å²) in [4.78, 5) is 23.6. The first kappa shape index (κ1) is 16.1. The SMILES string of the molecule is N#CC1([C@@H](C[N+](=O)[O-])C2C=CC(F)=CC2)Cc2ccccc2C1=O. The molecular formula is C18H15FN2O3. The average molecular weight is 326 g/mol. The number of hydrogen-bond donors (Lipinski definition) is 0. The highest BCUT2D eigenvalue weighted by molar-refractivity contribution is 6.06. The van der Waals surface area contributed by atoms with Gasteiger partial charge in [-0.15, -0.1) is 0 Å². The Bertz CT molecular complexity index is 809. The molecule has 0 bridgehead atoms. The molecule has 5 nitrogen and oxygen atoms in total. The molecule has 0 aliphatic heterocycles. The van der Waals surface area contributed by atoms with E-state index < -0.39 is 34.5 Å². The zero-order valence-electron chi connectivity index (χ0n) is 12.8. The fourth-order valence-corrected chi connectivity index (χ4v) is 3.72. The Hall–Kier alpha value is -2.81. The van der Waals surface area contributed by atoms with Gasteiger partial charge in [0.15, 0.2) is 5.78 Å². The first-order valence-electron chi connectivity index (χ1n) is 7.67. The van der Waals surface area contributed by atoms with Gasteiger partial charge in [-0.3, -0.25) is 14.9 Å². The van der Waals surface area contributed by atoms with Crippen LogP contribution in [-0.2, 0) is 6.42 Å². The van der Waals surface area contributed by atoms with E-state index in [0.29, 0.717) is 5.56 Å². The number of halogens is 1. The summed E-state index contributed by atoms with van der Waals surface area (Å²) >= 11 is 0. The lowest BCUT2D eigenvalue weighted by Crippen LogP contribution is -2.43. The summed E-state index contributed by atoms with van der Waals surface area (Å²) in [6.45, 7) is -0.502. The Morgan fingerprint density at radius 2 is 2.21 bits per heavy atom. The van der Waals surface area contributed by atoms with Crippen molar-refractivity contribution < 1.29 is 14.1 Å². The number of hydrogen-bond acceptors (Lipinski definition) is 4. The maximum atomic E-state index is 13.2. The molecule has 2 aliphatic carbocycles. The molecule has 3 atom stereocenters. The number of allylic oxidation sites excluding steroid dienone is 4. The van der Waals surface area contributed by atoms with Crippen molar-refractivity contribution in [3.8, 4) is 6.07 Å². The van der Waals surface area contributed by atoms with E-state index in [1.807, 2.05) is 0 Å². The summed E-state index contributed by atoms with van der Waals surface area (Å²) in [5, 5.41) is 21.0. The van der Waals surface area contributed by atoms with Crippen molar-refractivity contribution in [1.82, 2.24) is 0 Å². The third-order valence-corrected chi connectivity index (χ3v) is 4.92. The Labute approximate surface area is 138 Å². The molecule has 122 valence electrons. The van der Waals surface area contributed by atoms with Crippen LogP contribution in [0.15, 0.2) is 48.3 Å².